The molecule has 2 nitrogen and oxygen atoms in total. The first kappa shape index (κ1) is 11.8. The minimum Gasteiger partial charge on any atom is -0.325 e. The molecule has 0 aliphatic rings. The molecule has 0 aliphatic carbocycles. The van der Waals surface area contributed by atoms with Crippen molar-refractivity contribution in [1.82, 2.24) is 0 Å². The fraction of sp³-hybridized carbons (Fsp3) is 0.462. The summed E-state index contributed by atoms with van der Waals surface area (Å²) in [7, 11) is 0. The largest absolute Gasteiger partial charge is 0.325 e. The van der Waals surface area contributed by atoms with Crippen LogP contribution in [-0.4, -0.2) is 5.91 Å². The second-order valence-corrected chi connectivity index (χ2v) is 5.02. The molecule has 2 heteroatoms. The van der Waals surface area contributed by atoms with E-state index in [0.717, 1.165) is 16.8 Å². The van der Waals surface area contributed by atoms with Crippen LogP contribution in [0, 0.1) is 19.3 Å². The van der Waals surface area contributed by atoms with Gasteiger partial charge >= 0.3 is 0 Å². The van der Waals surface area contributed by atoms with Crippen LogP contribution < -0.4 is 5.32 Å². The fourth-order valence-corrected chi connectivity index (χ4v) is 1.18. The molecule has 82 valence electrons. The highest BCUT2D eigenvalue weighted by Gasteiger charge is 2.21. The van der Waals surface area contributed by atoms with Crippen LogP contribution in [0.5, 0.6) is 0 Å². The molecule has 0 unspecified atom stereocenters. The summed E-state index contributed by atoms with van der Waals surface area (Å²) in [5, 5.41) is 2.95. The first-order valence-electron chi connectivity index (χ1n) is 5.19. The number of aryl methyl sites for hydroxylation is 2. The zero-order chi connectivity index (χ0) is 11.6. The lowest BCUT2D eigenvalue weighted by atomic mass is 9.95. The summed E-state index contributed by atoms with van der Waals surface area (Å²) >= 11 is 0. The van der Waals surface area contributed by atoms with Gasteiger partial charge < -0.3 is 5.32 Å². The van der Waals surface area contributed by atoms with Crippen LogP contribution in [0.3, 0.4) is 0 Å². The van der Waals surface area contributed by atoms with E-state index in [1.165, 1.54) is 0 Å². The first-order chi connectivity index (χ1) is 6.80. The zero-order valence-electron chi connectivity index (χ0n) is 10.1. The molecule has 0 spiro atoms. The number of amides is 1. The molecule has 0 radical (unpaired) electrons. The molecule has 0 aromatic heterocycles. The summed E-state index contributed by atoms with van der Waals surface area (Å²) in [4.78, 5) is 11.8. The Morgan fingerprint density at radius 2 is 1.80 bits per heavy atom. The van der Waals surface area contributed by atoms with Gasteiger partial charge in [-0.25, -0.2) is 0 Å². The van der Waals surface area contributed by atoms with Gasteiger partial charge in [-0.05, 0) is 31.0 Å². The van der Waals surface area contributed by atoms with Crippen molar-refractivity contribution in [3.63, 3.8) is 0 Å². The summed E-state index contributed by atoms with van der Waals surface area (Å²) in [6.45, 7) is 9.75. The first-order valence-corrected chi connectivity index (χ1v) is 5.19. The standard InChI is InChI=1S/C13H19NO/c1-9-6-7-10(2)11(8-9)14-12(15)13(3,4)5/h6-8H,1-5H3,(H,14,15). The Morgan fingerprint density at radius 3 is 2.33 bits per heavy atom. The number of anilines is 1. The van der Waals surface area contributed by atoms with Gasteiger partial charge in [0.25, 0.3) is 0 Å². The third-order valence-corrected chi connectivity index (χ3v) is 2.32. The van der Waals surface area contributed by atoms with Gasteiger partial charge in [-0.1, -0.05) is 32.9 Å². The van der Waals surface area contributed by atoms with E-state index >= 15 is 0 Å². The Bertz CT molecular complexity index is 375. The fourth-order valence-electron chi connectivity index (χ4n) is 1.18. The molecule has 0 saturated heterocycles. The Balaban J connectivity index is 2.90. The van der Waals surface area contributed by atoms with Crippen molar-refractivity contribution in [1.29, 1.82) is 0 Å². The summed E-state index contributed by atoms with van der Waals surface area (Å²) in [6.07, 6.45) is 0. The average Bonchev–Trinajstić information content (AvgIpc) is 2.09. The summed E-state index contributed by atoms with van der Waals surface area (Å²) in [5.41, 5.74) is 2.81. The van der Waals surface area contributed by atoms with E-state index in [9.17, 15) is 4.79 Å². The van der Waals surface area contributed by atoms with Crippen LogP contribution in [-0.2, 0) is 4.79 Å². The van der Waals surface area contributed by atoms with E-state index < -0.39 is 0 Å². The van der Waals surface area contributed by atoms with Gasteiger partial charge in [-0.15, -0.1) is 0 Å². The maximum absolute atomic E-state index is 11.8. The lowest BCUT2D eigenvalue weighted by Gasteiger charge is -2.19. The van der Waals surface area contributed by atoms with E-state index in [1.807, 2.05) is 52.8 Å². The Hall–Kier alpha value is -1.31. The zero-order valence-corrected chi connectivity index (χ0v) is 10.1. The van der Waals surface area contributed by atoms with Gasteiger partial charge in [0, 0.05) is 11.1 Å². The molecule has 0 heterocycles. The Labute approximate surface area is 91.7 Å². The third-order valence-electron chi connectivity index (χ3n) is 2.32. The van der Waals surface area contributed by atoms with Crippen LogP contribution in [0.1, 0.15) is 31.9 Å². The lowest BCUT2D eigenvalue weighted by molar-refractivity contribution is -0.123. The molecule has 1 N–H and O–H groups in total. The number of hydrogen-bond acceptors (Lipinski definition) is 1. The molecule has 0 saturated carbocycles. The van der Waals surface area contributed by atoms with Crippen LogP contribution in [0.15, 0.2) is 18.2 Å². The molecule has 15 heavy (non-hydrogen) atoms. The van der Waals surface area contributed by atoms with Crippen molar-refractivity contribution in [2.75, 3.05) is 5.32 Å². The molecular weight excluding hydrogens is 186 g/mol. The van der Waals surface area contributed by atoms with Crippen molar-refractivity contribution >= 4 is 11.6 Å². The van der Waals surface area contributed by atoms with Crippen LogP contribution in [0.4, 0.5) is 5.69 Å². The highest BCUT2D eigenvalue weighted by molar-refractivity contribution is 5.95. The predicted octanol–water partition coefficient (Wildman–Crippen LogP) is 3.29. The number of carbonyl (C=O) groups excluding carboxylic acids is 1. The summed E-state index contributed by atoms with van der Waals surface area (Å²) < 4.78 is 0. The number of nitrogens with one attached hydrogen (secondary N) is 1. The smallest absolute Gasteiger partial charge is 0.229 e. The van der Waals surface area contributed by atoms with Gasteiger partial charge in [-0.2, -0.15) is 0 Å². The normalized spacial score (nSPS) is 11.3. The second kappa shape index (κ2) is 4.05. The van der Waals surface area contributed by atoms with Gasteiger partial charge in [0.05, 0.1) is 0 Å². The Kier molecular flexibility index (Phi) is 3.18. The van der Waals surface area contributed by atoms with Gasteiger partial charge in [0.15, 0.2) is 0 Å². The quantitative estimate of drug-likeness (QED) is 0.749. The second-order valence-electron chi connectivity index (χ2n) is 5.02. The number of benzene rings is 1. The van der Waals surface area contributed by atoms with Crippen LogP contribution in [0.25, 0.3) is 0 Å². The van der Waals surface area contributed by atoms with Crippen molar-refractivity contribution in [3.05, 3.63) is 29.3 Å². The van der Waals surface area contributed by atoms with Crippen molar-refractivity contribution in [2.24, 2.45) is 5.41 Å². The van der Waals surface area contributed by atoms with Crippen LogP contribution >= 0.6 is 0 Å². The molecule has 1 aromatic rings. The van der Waals surface area contributed by atoms with Gasteiger partial charge in [0.2, 0.25) is 5.91 Å². The highest BCUT2D eigenvalue weighted by atomic mass is 16.2. The minimum absolute atomic E-state index is 0.0520. The molecule has 1 rings (SSSR count). The number of hydrogen-bond donors (Lipinski definition) is 1. The highest BCUT2D eigenvalue weighted by Crippen LogP contribution is 2.20. The Morgan fingerprint density at radius 1 is 1.20 bits per heavy atom. The van der Waals surface area contributed by atoms with E-state index in [2.05, 4.69) is 5.32 Å². The maximum Gasteiger partial charge on any atom is 0.229 e. The lowest BCUT2D eigenvalue weighted by Crippen LogP contribution is -2.27. The van der Waals surface area contributed by atoms with Gasteiger partial charge in [0.1, 0.15) is 0 Å². The monoisotopic (exact) mass is 205 g/mol. The van der Waals surface area contributed by atoms with Crippen molar-refractivity contribution < 1.29 is 4.79 Å². The molecule has 0 bridgehead atoms. The number of carbonyl (C=O) groups is 1. The van der Waals surface area contributed by atoms with Crippen LogP contribution in [0.2, 0.25) is 0 Å². The van der Waals surface area contributed by atoms with E-state index in [0.29, 0.717) is 0 Å². The summed E-state index contributed by atoms with van der Waals surface area (Å²) in [6, 6.07) is 6.06. The molecule has 1 amide bonds. The summed E-state index contributed by atoms with van der Waals surface area (Å²) in [5.74, 6) is 0.0520. The van der Waals surface area contributed by atoms with E-state index in [4.69, 9.17) is 0 Å². The van der Waals surface area contributed by atoms with E-state index in [-0.39, 0.29) is 11.3 Å². The van der Waals surface area contributed by atoms with Crippen molar-refractivity contribution in [3.8, 4) is 0 Å². The van der Waals surface area contributed by atoms with Crippen molar-refractivity contribution in [2.45, 2.75) is 34.6 Å². The molecule has 1 aromatic carbocycles. The molecule has 0 aliphatic heterocycles. The van der Waals surface area contributed by atoms with E-state index in [1.54, 1.807) is 0 Å². The third kappa shape index (κ3) is 3.08. The molecule has 0 atom stereocenters. The molecular formula is C13H19NO. The maximum atomic E-state index is 11.8. The molecule has 0 fully saturated rings. The average molecular weight is 205 g/mol. The number of rotatable bonds is 1. The predicted molar refractivity (Wildman–Crippen MR) is 64.0 cm³/mol. The van der Waals surface area contributed by atoms with Gasteiger partial charge in [-0.3, -0.25) is 4.79 Å². The minimum atomic E-state index is -0.351. The topological polar surface area (TPSA) is 29.1 Å². The SMILES string of the molecule is Cc1ccc(C)c(NC(=O)C(C)(C)C)c1.